The normalized spacial score (nSPS) is 15.0. The number of alkyl halides is 1. The van der Waals surface area contributed by atoms with Crippen molar-refractivity contribution in [1.82, 2.24) is 0 Å². The molecule has 0 saturated carbocycles. The van der Waals surface area contributed by atoms with Crippen LogP contribution in [0.3, 0.4) is 0 Å². The molecule has 68 valence electrons. The highest BCUT2D eigenvalue weighted by atomic mass is 35.5. The first-order chi connectivity index (χ1) is 5.05. The lowest BCUT2D eigenvalue weighted by atomic mass is 9.88. The van der Waals surface area contributed by atoms with Crippen molar-refractivity contribution in [2.24, 2.45) is 5.41 Å². The Morgan fingerprint density at radius 2 is 2.00 bits per heavy atom. The highest BCUT2D eigenvalue weighted by molar-refractivity contribution is 6.18. The fraction of sp³-hybridized carbons (Fsp3) is 1.00. The van der Waals surface area contributed by atoms with Crippen molar-refractivity contribution in [3.63, 3.8) is 0 Å². The molecule has 0 rings (SSSR count). The van der Waals surface area contributed by atoms with Crippen LogP contribution in [0.4, 0.5) is 0 Å². The van der Waals surface area contributed by atoms with Crippen LogP contribution in [0, 0.1) is 5.41 Å². The summed E-state index contributed by atoms with van der Waals surface area (Å²) in [5.41, 5.74) is 0.207. The SMILES string of the molecule is CCC(CC(C)(C)CCl)OC. The molecule has 0 aliphatic heterocycles. The lowest BCUT2D eigenvalue weighted by Gasteiger charge is -2.26. The molecule has 0 saturated heterocycles. The van der Waals surface area contributed by atoms with Gasteiger partial charge in [0.1, 0.15) is 0 Å². The summed E-state index contributed by atoms with van der Waals surface area (Å²) in [5, 5.41) is 0. The Balaban J connectivity index is 3.79. The number of ether oxygens (including phenoxy) is 1. The van der Waals surface area contributed by atoms with Gasteiger partial charge in [0.2, 0.25) is 0 Å². The van der Waals surface area contributed by atoms with Gasteiger partial charge in [0.25, 0.3) is 0 Å². The van der Waals surface area contributed by atoms with Crippen LogP contribution in [0.1, 0.15) is 33.6 Å². The van der Waals surface area contributed by atoms with Gasteiger partial charge in [0, 0.05) is 13.0 Å². The highest BCUT2D eigenvalue weighted by Crippen LogP contribution is 2.25. The van der Waals surface area contributed by atoms with E-state index in [1.54, 1.807) is 7.11 Å². The van der Waals surface area contributed by atoms with E-state index in [-0.39, 0.29) is 5.41 Å². The predicted octanol–water partition coefficient (Wildman–Crippen LogP) is 3.07. The quantitative estimate of drug-likeness (QED) is 0.588. The van der Waals surface area contributed by atoms with Crippen LogP contribution in [0.25, 0.3) is 0 Å². The molecule has 0 N–H and O–H groups in total. The van der Waals surface area contributed by atoms with E-state index in [9.17, 15) is 0 Å². The first-order valence-corrected chi connectivity index (χ1v) is 4.68. The molecule has 0 spiro atoms. The Morgan fingerprint density at radius 1 is 1.45 bits per heavy atom. The van der Waals surface area contributed by atoms with Crippen molar-refractivity contribution >= 4 is 11.6 Å². The van der Waals surface area contributed by atoms with E-state index in [1.165, 1.54) is 0 Å². The first kappa shape index (κ1) is 11.2. The van der Waals surface area contributed by atoms with Crippen LogP contribution in [0.5, 0.6) is 0 Å². The molecule has 0 aliphatic rings. The smallest absolute Gasteiger partial charge is 0.0574 e. The average molecular weight is 179 g/mol. The summed E-state index contributed by atoms with van der Waals surface area (Å²) in [5.74, 6) is 0.701. The Hall–Kier alpha value is 0.250. The Bertz CT molecular complexity index is 97.7. The zero-order chi connectivity index (χ0) is 8.91. The second-order valence-electron chi connectivity index (χ2n) is 3.77. The largest absolute Gasteiger partial charge is 0.381 e. The van der Waals surface area contributed by atoms with Crippen LogP contribution < -0.4 is 0 Å². The van der Waals surface area contributed by atoms with Crippen molar-refractivity contribution < 1.29 is 4.74 Å². The van der Waals surface area contributed by atoms with Gasteiger partial charge in [-0.3, -0.25) is 0 Å². The summed E-state index contributed by atoms with van der Waals surface area (Å²) in [6.07, 6.45) is 2.48. The average Bonchev–Trinajstić information content (AvgIpc) is 2.00. The molecule has 1 atom stereocenters. The summed E-state index contributed by atoms with van der Waals surface area (Å²) >= 11 is 5.80. The molecule has 0 aliphatic carbocycles. The molecule has 0 fully saturated rings. The number of hydrogen-bond acceptors (Lipinski definition) is 1. The van der Waals surface area contributed by atoms with Gasteiger partial charge in [-0.15, -0.1) is 11.6 Å². The maximum Gasteiger partial charge on any atom is 0.0574 e. The summed E-state index contributed by atoms with van der Waals surface area (Å²) in [4.78, 5) is 0. The lowest BCUT2D eigenvalue weighted by molar-refractivity contribution is 0.0644. The fourth-order valence-corrected chi connectivity index (χ4v) is 1.17. The van der Waals surface area contributed by atoms with Gasteiger partial charge < -0.3 is 4.74 Å². The highest BCUT2D eigenvalue weighted by Gasteiger charge is 2.20. The Labute approximate surface area is 75.1 Å². The number of methoxy groups -OCH3 is 1. The van der Waals surface area contributed by atoms with Crippen molar-refractivity contribution in [2.75, 3.05) is 13.0 Å². The Kier molecular flexibility index (Phi) is 5.11. The van der Waals surface area contributed by atoms with E-state index < -0.39 is 0 Å². The van der Waals surface area contributed by atoms with Gasteiger partial charge >= 0.3 is 0 Å². The zero-order valence-electron chi connectivity index (χ0n) is 7.98. The van der Waals surface area contributed by atoms with E-state index in [2.05, 4.69) is 20.8 Å². The van der Waals surface area contributed by atoms with Crippen LogP contribution in [-0.4, -0.2) is 19.1 Å². The minimum atomic E-state index is 0.207. The van der Waals surface area contributed by atoms with E-state index in [1.807, 2.05) is 0 Å². The fourth-order valence-electron chi connectivity index (χ4n) is 1.07. The standard InChI is InChI=1S/C9H19ClO/c1-5-8(11-4)6-9(2,3)7-10/h8H,5-7H2,1-4H3. The molecule has 0 aromatic heterocycles. The van der Waals surface area contributed by atoms with Crippen molar-refractivity contribution in [3.05, 3.63) is 0 Å². The summed E-state index contributed by atoms with van der Waals surface area (Å²) in [6, 6.07) is 0. The monoisotopic (exact) mass is 178 g/mol. The lowest BCUT2D eigenvalue weighted by Crippen LogP contribution is -2.23. The molecule has 2 heteroatoms. The molecule has 0 aromatic rings. The topological polar surface area (TPSA) is 9.23 Å². The van der Waals surface area contributed by atoms with Crippen LogP contribution in [0.2, 0.25) is 0 Å². The van der Waals surface area contributed by atoms with E-state index in [0.717, 1.165) is 12.8 Å². The molecule has 0 bridgehead atoms. The predicted molar refractivity (Wildman–Crippen MR) is 50.2 cm³/mol. The second-order valence-corrected chi connectivity index (χ2v) is 4.04. The number of halogens is 1. The van der Waals surface area contributed by atoms with Crippen LogP contribution in [0.15, 0.2) is 0 Å². The van der Waals surface area contributed by atoms with E-state index in [4.69, 9.17) is 16.3 Å². The van der Waals surface area contributed by atoms with Crippen LogP contribution >= 0.6 is 11.6 Å². The van der Waals surface area contributed by atoms with Crippen LogP contribution in [-0.2, 0) is 4.74 Å². The van der Waals surface area contributed by atoms with Crippen molar-refractivity contribution in [3.8, 4) is 0 Å². The number of rotatable bonds is 5. The maximum absolute atomic E-state index is 5.80. The zero-order valence-corrected chi connectivity index (χ0v) is 8.74. The van der Waals surface area contributed by atoms with E-state index in [0.29, 0.717) is 12.0 Å². The third kappa shape index (κ3) is 4.65. The van der Waals surface area contributed by atoms with Gasteiger partial charge in [-0.25, -0.2) is 0 Å². The molecular weight excluding hydrogens is 160 g/mol. The Morgan fingerprint density at radius 3 is 2.27 bits per heavy atom. The molecular formula is C9H19ClO. The summed E-state index contributed by atoms with van der Waals surface area (Å²) in [7, 11) is 1.76. The second kappa shape index (κ2) is 5.00. The van der Waals surface area contributed by atoms with Crippen molar-refractivity contribution in [2.45, 2.75) is 39.7 Å². The van der Waals surface area contributed by atoms with Gasteiger partial charge in [-0.2, -0.15) is 0 Å². The summed E-state index contributed by atoms with van der Waals surface area (Å²) < 4.78 is 5.28. The molecule has 0 amide bonds. The molecule has 11 heavy (non-hydrogen) atoms. The third-order valence-electron chi connectivity index (χ3n) is 1.93. The molecule has 1 unspecified atom stereocenters. The summed E-state index contributed by atoms with van der Waals surface area (Å²) in [6.45, 7) is 6.47. The van der Waals surface area contributed by atoms with Gasteiger partial charge in [-0.05, 0) is 18.3 Å². The molecule has 0 radical (unpaired) electrons. The minimum absolute atomic E-state index is 0.207. The minimum Gasteiger partial charge on any atom is -0.381 e. The molecule has 0 heterocycles. The van der Waals surface area contributed by atoms with Crippen molar-refractivity contribution in [1.29, 1.82) is 0 Å². The molecule has 0 aromatic carbocycles. The third-order valence-corrected chi connectivity index (χ3v) is 2.65. The molecule has 1 nitrogen and oxygen atoms in total. The van der Waals surface area contributed by atoms with Gasteiger partial charge in [0.05, 0.1) is 6.10 Å². The maximum atomic E-state index is 5.80. The van der Waals surface area contributed by atoms with E-state index >= 15 is 0 Å². The van der Waals surface area contributed by atoms with Gasteiger partial charge in [0.15, 0.2) is 0 Å². The first-order valence-electron chi connectivity index (χ1n) is 4.14. The number of hydrogen-bond donors (Lipinski definition) is 0. The van der Waals surface area contributed by atoms with Gasteiger partial charge in [-0.1, -0.05) is 20.8 Å².